The topological polar surface area (TPSA) is 95.7 Å². The highest BCUT2D eigenvalue weighted by Crippen LogP contribution is 2.26. The van der Waals surface area contributed by atoms with Crippen molar-refractivity contribution in [1.82, 2.24) is 14.6 Å². The van der Waals surface area contributed by atoms with Gasteiger partial charge in [0.1, 0.15) is 5.75 Å². The SMILES string of the molecule is O=C(c1c(O)c2cccnc2n(O)c1=O)N1CCCCC1. The number of likely N-dealkylation sites (tertiary alicyclic amines) is 1. The number of hydrogen-bond donors (Lipinski definition) is 2. The maximum Gasteiger partial charge on any atom is 0.301 e. The van der Waals surface area contributed by atoms with E-state index in [1.165, 1.54) is 17.2 Å². The van der Waals surface area contributed by atoms with Gasteiger partial charge in [0.05, 0.1) is 5.39 Å². The summed E-state index contributed by atoms with van der Waals surface area (Å²) in [6, 6.07) is 3.05. The Bertz CT molecular complexity index is 763. The summed E-state index contributed by atoms with van der Waals surface area (Å²) in [6.45, 7) is 1.10. The van der Waals surface area contributed by atoms with Gasteiger partial charge in [-0.2, -0.15) is 0 Å². The zero-order valence-corrected chi connectivity index (χ0v) is 11.3. The third kappa shape index (κ3) is 2.10. The number of amides is 1. The van der Waals surface area contributed by atoms with Crippen LogP contribution < -0.4 is 5.56 Å². The predicted molar refractivity (Wildman–Crippen MR) is 74.6 cm³/mol. The summed E-state index contributed by atoms with van der Waals surface area (Å²) in [4.78, 5) is 30.0. The molecule has 0 atom stereocenters. The Hall–Kier alpha value is -2.57. The van der Waals surface area contributed by atoms with E-state index in [1.54, 1.807) is 6.07 Å². The van der Waals surface area contributed by atoms with Crippen molar-refractivity contribution in [2.24, 2.45) is 0 Å². The molecule has 0 aromatic carbocycles. The van der Waals surface area contributed by atoms with Gasteiger partial charge in [-0.15, -0.1) is 4.73 Å². The molecule has 1 amide bonds. The molecule has 0 spiro atoms. The number of aromatic nitrogens is 2. The molecule has 0 bridgehead atoms. The molecular formula is C14H15N3O4. The standard InChI is InChI=1S/C14H15N3O4/c18-11-9-5-4-6-15-12(9)17(21)14(20)10(11)13(19)16-7-2-1-3-8-16/h4-6,18,21H,1-3,7-8H2. The second-order valence-electron chi connectivity index (χ2n) is 5.07. The maximum atomic E-state index is 12.5. The average Bonchev–Trinajstić information content (AvgIpc) is 2.53. The minimum Gasteiger partial charge on any atom is -0.506 e. The highest BCUT2D eigenvalue weighted by molar-refractivity contribution is 6.01. The molecule has 21 heavy (non-hydrogen) atoms. The molecule has 1 aliphatic heterocycles. The lowest BCUT2D eigenvalue weighted by molar-refractivity contribution is 0.0713. The van der Waals surface area contributed by atoms with E-state index in [0.717, 1.165) is 19.3 Å². The van der Waals surface area contributed by atoms with Crippen LogP contribution in [-0.2, 0) is 0 Å². The van der Waals surface area contributed by atoms with Gasteiger partial charge in [0.15, 0.2) is 11.2 Å². The lowest BCUT2D eigenvalue weighted by atomic mass is 10.1. The number of piperidine rings is 1. The van der Waals surface area contributed by atoms with Crippen molar-refractivity contribution in [3.8, 4) is 5.75 Å². The van der Waals surface area contributed by atoms with Gasteiger partial charge in [0, 0.05) is 19.3 Å². The highest BCUT2D eigenvalue weighted by atomic mass is 16.5. The fourth-order valence-electron chi connectivity index (χ4n) is 2.64. The maximum absolute atomic E-state index is 12.5. The molecule has 7 nitrogen and oxygen atoms in total. The number of aromatic hydroxyl groups is 1. The Morgan fingerprint density at radius 2 is 1.95 bits per heavy atom. The van der Waals surface area contributed by atoms with Crippen LogP contribution in [0.5, 0.6) is 5.75 Å². The molecule has 2 aromatic heterocycles. The van der Waals surface area contributed by atoms with Crippen molar-refractivity contribution in [1.29, 1.82) is 0 Å². The van der Waals surface area contributed by atoms with Crippen molar-refractivity contribution in [3.05, 3.63) is 34.2 Å². The van der Waals surface area contributed by atoms with Crippen molar-refractivity contribution in [2.75, 3.05) is 13.1 Å². The van der Waals surface area contributed by atoms with Crippen LogP contribution in [0.25, 0.3) is 11.0 Å². The minimum absolute atomic E-state index is 0.0739. The summed E-state index contributed by atoms with van der Waals surface area (Å²) >= 11 is 0. The molecule has 1 saturated heterocycles. The number of carbonyl (C=O) groups is 1. The number of carbonyl (C=O) groups excluding carboxylic acids is 1. The monoisotopic (exact) mass is 289 g/mol. The second kappa shape index (κ2) is 5.08. The first-order chi connectivity index (χ1) is 10.1. The van der Waals surface area contributed by atoms with Gasteiger partial charge >= 0.3 is 5.56 Å². The summed E-state index contributed by atoms with van der Waals surface area (Å²) < 4.78 is 0.312. The highest BCUT2D eigenvalue weighted by Gasteiger charge is 2.27. The average molecular weight is 289 g/mol. The first-order valence-corrected chi connectivity index (χ1v) is 6.82. The number of rotatable bonds is 1. The van der Waals surface area contributed by atoms with E-state index < -0.39 is 22.8 Å². The molecule has 0 radical (unpaired) electrons. The minimum atomic E-state index is -0.950. The van der Waals surface area contributed by atoms with Crippen molar-refractivity contribution < 1.29 is 15.1 Å². The van der Waals surface area contributed by atoms with Gasteiger partial charge in [0.25, 0.3) is 5.91 Å². The predicted octanol–water partition coefficient (Wildman–Crippen LogP) is 0.966. The van der Waals surface area contributed by atoms with Crippen LogP contribution in [0.2, 0.25) is 0 Å². The molecule has 1 fully saturated rings. The lowest BCUT2D eigenvalue weighted by Gasteiger charge is -2.26. The van der Waals surface area contributed by atoms with Crippen LogP contribution in [0.4, 0.5) is 0 Å². The second-order valence-corrected chi connectivity index (χ2v) is 5.07. The van der Waals surface area contributed by atoms with Crippen LogP contribution in [0.15, 0.2) is 23.1 Å². The molecule has 0 aliphatic carbocycles. The van der Waals surface area contributed by atoms with E-state index in [0.29, 0.717) is 17.8 Å². The number of pyridine rings is 2. The zero-order valence-electron chi connectivity index (χ0n) is 11.3. The third-order valence-corrected chi connectivity index (χ3v) is 3.74. The fourth-order valence-corrected chi connectivity index (χ4v) is 2.64. The van der Waals surface area contributed by atoms with Crippen LogP contribution in [0.3, 0.4) is 0 Å². The van der Waals surface area contributed by atoms with E-state index >= 15 is 0 Å². The Balaban J connectivity index is 2.18. The van der Waals surface area contributed by atoms with Crippen molar-refractivity contribution in [3.63, 3.8) is 0 Å². The third-order valence-electron chi connectivity index (χ3n) is 3.74. The van der Waals surface area contributed by atoms with E-state index in [4.69, 9.17) is 0 Å². The molecule has 0 saturated carbocycles. The first-order valence-electron chi connectivity index (χ1n) is 6.82. The largest absolute Gasteiger partial charge is 0.506 e. The summed E-state index contributed by atoms with van der Waals surface area (Å²) in [5.41, 5.74) is -1.43. The number of fused-ring (bicyclic) bond motifs is 1. The summed E-state index contributed by atoms with van der Waals surface area (Å²) in [6.07, 6.45) is 4.17. The summed E-state index contributed by atoms with van der Waals surface area (Å²) in [7, 11) is 0. The van der Waals surface area contributed by atoms with E-state index in [9.17, 15) is 19.9 Å². The van der Waals surface area contributed by atoms with Gasteiger partial charge in [-0.1, -0.05) is 0 Å². The molecule has 0 unspecified atom stereocenters. The summed E-state index contributed by atoms with van der Waals surface area (Å²) in [5, 5.41) is 20.3. The molecule has 1 aliphatic rings. The Kier molecular flexibility index (Phi) is 3.25. The molecule has 3 rings (SSSR count). The first kappa shape index (κ1) is 13.4. The van der Waals surface area contributed by atoms with E-state index in [1.807, 2.05) is 0 Å². The fraction of sp³-hybridized carbons (Fsp3) is 0.357. The lowest BCUT2D eigenvalue weighted by Crippen LogP contribution is -2.39. The Labute approximate surface area is 120 Å². The molecule has 3 heterocycles. The Morgan fingerprint density at radius 1 is 1.24 bits per heavy atom. The quantitative estimate of drug-likeness (QED) is 0.762. The van der Waals surface area contributed by atoms with E-state index in [2.05, 4.69) is 4.98 Å². The van der Waals surface area contributed by atoms with Gasteiger partial charge in [0.2, 0.25) is 0 Å². The number of hydrogen-bond acceptors (Lipinski definition) is 5. The Morgan fingerprint density at radius 3 is 2.67 bits per heavy atom. The molecule has 2 N–H and O–H groups in total. The van der Waals surface area contributed by atoms with Crippen molar-refractivity contribution >= 4 is 16.9 Å². The van der Waals surface area contributed by atoms with Gasteiger partial charge in [-0.05, 0) is 31.4 Å². The molecular weight excluding hydrogens is 274 g/mol. The van der Waals surface area contributed by atoms with Gasteiger partial charge < -0.3 is 15.2 Å². The normalized spacial score (nSPS) is 15.3. The van der Waals surface area contributed by atoms with Crippen molar-refractivity contribution in [2.45, 2.75) is 19.3 Å². The summed E-state index contributed by atoms with van der Waals surface area (Å²) in [5.74, 6) is -0.977. The van der Waals surface area contributed by atoms with Crippen LogP contribution in [0.1, 0.15) is 29.6 Å². The van der Waals surface area contributed by atoms with Gasteiger partial charge in [-0.25, -0.2) is 4.98 Å². The van der Waals surface area contributed by atoms with E-state index in [-0.39, 0.29) is 11.0 Å². The molecule has 110 valence electrons. The van der Waals surface area contributed by atoms with Crippen LogP contribution in [-0.4, -0.2) is 43.9 Å². The van der Waals surface area contributed by atoms with Gasteiger partial charge in [-0.3, -0.25) is 9.59 Å². The molecule has 7 heteroatoms. The number of nitrogens with zero attached hydrogens (tertiary/aromatic N) is 3. The van der Waals surface area contributed by atoms with Crippen LogP contribution >= 0.6 is 0 Å². The smallest absolute Gasteiger partial charge is 0.301 e. The van der Waals surface area contributed by atoms with Crippen LogP contribution in [0, 0.1) is 0 Å². The zero-order chi connectivity index (χ0) is 15.0. The molecule has 2 aromatic rings.